The zero-order valence-electron chi connectivity index (χ0n) is 9.08. The molecule has 1 aromatic carbocycles. The number of anilines is 2. The molecule has 4 N–H and O–H groups in total. The van der Waals surface area contributed by atoms with Crippen molar-refractivity contribution in [3.05, 3.63) is 24.0 Å². The fraction of sp³-hybridized carbons (Fsp3) is 0.455. The highest BCUT2D eigenvalue weighted by molar-refractivity contribution is 7.99. The molecule has 0 bridgehead atoms. The Hall–Kier alpha value is -0.940. The summed E-state index contributed by atoms with van der Waals surface area (Å²) < 4.78 is 13.1. The maximum absolute atomic E-state index is 13.1. The smallest absolute Gasteiger partial charge is 0.148 e. The lowest BCUT2D eigenvalue weighted by molar-refractivity contribution is 0.296. The predicted octanol–water partition coefficient (Wildman–Crippen LogP) is 1.94. The van der Waals surface area contributed by atoms with Gasteiger partial charge in [0.25, 0.3) is 0 Å². The first-order valence-electron chi connectivity index (χ1n) is 5.22. The lowest BCUT2D eigenvalue weighted by atomic mass is 10.2. The minimum absolute atomic E-state index is 0.169. The third kappa shape index (κ3) is 4.28. The molecular formula is C11H17FN2OS. The van der Waals surface area contributed by atoms with E-state index >= 15 is 0 Å². The fourth-order valence-electron chi connectivity index (χ4n) is 1.22. The van der Waals surface area contributed by atoms with Crippen molar-refractivity contribution >= 4 is 23.1 Å². The third-order valence-corrected chi connectivity index (χ3v) is 3.13. The van der Waals surface area contributed by atoms with E-state index in [1.54, 1.807) is 23.9 Å². The van der Waals surface area contributed by atoms with E-state index in [1.165, 1.54) is 6.07 Å². The number of aliphatic hydroxyl groups excluding tert-OH is 1. The number of benzene rings is 1. The molecule has 0 radical (unpaired) electrons. The maximum atomic E-state index is 13.1. The van der Waals surface area contributed by atoms with Gasteiger partial charge >= 0.3 is 0 Å². The van der Waals surface area contributed by atoms with Crippen molar-refractivity contribution in [2.75, 3.05) is 35.7 Å². The van der Waals surface area contributed by atoms with Gasteiger partial charge in [-0.15, -0.1) is 0 Å². The van der Waals surface area contributed by atoms with E-state index in [9.17, 15) is 4.39 Å². The number of thioether (sulfide) groups is 1. The molecule has 3 nitrogen and oxygen atoms in total. The first kappa shape index (κ1) is 13.1. The molecule has 0 amide bonds. The number of halogens is 1. The van der Waals surface area contributed by atoms with E-state index in [0.29, 0.717) is 5.69 Å². The first-order valence-corrected chi connectivity index (χ1v) is 6.37. The Balaban J connectivity index is 2.24. The predicted molar refractivity (Wildman–Crippen MR) is 68.3 cm³/mol. The lowest BCUT2D eigenvalue weighted by Gasteiger charge is -2.09. The van der Waals surface area contributed by atoms with Crippen molar-refractivity contribution in [3.8, 4) is 0 Å². The Labute approximate surface area is 99.2 Å². The molecule has 0 heterocycles. The van der Waals surface area contributed by atoms with Crippen LogP contribution in [-0.2, 0) is 0 Å². The molecule has 0 spiro atoms. The number of rotatable bonds is 7. The van der Waals surface area contributed by atoms with Gasteiger partial charge in [-0.05, 0) is 24.3 Å². The van der Waals surface area contributed by atoms with Crippen molar-refractivity contribution in [2.24, 2.45) is 0 Å². The van der Waals surface area contributed by atoms with Crippen molar-refractivity contribution in [1.29, 1.82) is 0 Å². The Bertz CT molecular complexity index is 323. The molecular weight excluding hydrogens is 227 g/mol. The first-order chi connectivity index (χ1) is 7.75. The van der Waals surface area contributed by atoms with Crippen LogP contribution in [0.15, 0.2) is 18.2 Å². The average Bonchev–Trinajstić information content (AvgIpc) is 2.29. The molecule has 0 aliphatic heterocycles. The van der Waals surface area contributed by atoms with Crippen LogP contribution in [0.2, 0.25) is 0 Å². The molecule has 1 aromatic rings. The van der Waals surface area contributed by atoms with Gasteiger partial charge in [-0.2, -0.15) is 11.8 Å². The zero-order valence-corrected chi connectivity index (χ0v) is 9.89. The summed E-state index contributed by atoms with van der Waals surface area (Å²) in [6, 6.07) is 4.74. The second-order valence-corrected chi connectivity index (χ2v) is 4.54. The monoisotopic (exact) mass is 244 g/mol. The van der Waals surface area contributed by atoms with Gasteiger partial charge < -0.3 is 16.2 Å². The summed E-state index contributed by atoms with van der Waals surface area (Å²) in [4.78, 5) is 0. The minimum atomic E-state index is -0.391. The van der Waals surface area contributed by atoms with E-state index in [2.05, 4.69) is 5.32 Å². The number of hydrogen-bond acceptors (Lipinski definition) is 4. The number of nitrogens with one attached hydrogen (secondary N) is 1. The molecule has 1 rings (SSSR count). The number of para-hydroxylation sites is 1. The summed E-state index contributed by atoms with van der Waals surface area (Å²) in [5.74, 6) is 1.46. The van der Waals surface area contributed by atoms with Crippen LogP contribution in [-0.4, -0.2) is 29.8 Å². The van der Waals surface area contributed by atoms with E-state index in [1.807, 2.05) is 0 Å². The molecule has 90 valence electrons. The number of nitrogens with two attached hydrogens (primary N) is 1. The Kier molecular flexibility index (Phi) is 6.03. The van der Waals surface area contributed by atoms with Crippen LogP contribution in [0, 0.1) is 5.82 Å². The molecule has 0 saturated carbocycles. The largest absolute Gasteiger partial charge is 0.396 e. The van der Waals surface area contributed by atoms with Gasteiger partial charge in [-0.25, -0.2) is 4.39 Å². The quantitative estimate of drug-likeness (QED) is 0.507. The van der Waals surface area contributed by atoms with Crippen LogP contribution >= 0.6 is 11.8 Å². The van der Waals surface area contributed by atoms with Crippen molar-refractivity contribution in [2.45, 2.75) is 6.42 Å². The molecule has 0 aliphatic carbocycles. The number of hydrogen-bond donors (Lipinski definition) is 3. The van der Waals surface area contributed by atoms with Gasteiger partial charge in [0.1, 0.15) is 5.82 Å². The SMILES string of the molecule is Nc1c(F)cccc1NCCSCCCO. The van der Waals surface area contributed by atoms with Crippen LogP contribution in [0.5, 0.6) is 0 Å². The van der Waals surface area contributed by atoms with Crippen molar-refractivity contribution in [1.82, 2.24) is 0 Å². The molecule has 0 atom stereocenters. The summed E-state index contributed by atoms with van der Waals surface area (Å²) in [7, 11) is 0. The molecule has 5 heteroatoms. The number of nitrogen functional groups attached to an aromatic ring is 1. The van der Waals surface area contributed by atoms with Crippen LogP contribution in [0.3, 0.4) is 0 Å². The lowest BCUT2D eigenvalue weighted by Crippen LogP contribution is -2.07. The summed E-state index contributed by atoms with van der Waals surface area (Å²) in [5.41, 5.74) is 6.38. The fourth-order valence-corrected chi connectivity index (χ4v) is 2.00. The molecule has 16 heavy (non-hydrogen) atoms. The van der Waals surface area contributed by atoms with Gasteiger partial charge in [0, 0.05) is 18.9 Å². The Morgan fingerprint density at radius 3 is 2.94 bits per heavy atom. The molecule has 0 saturated heterocycles. The third-order valence-electron chi connectivity index (χ3n) is 2.06. The van der Waals surface area contributed by atoms with Gasteiger partial charge in [-0.1, -0.05) is 6.07 Å². The van der Waals surface area contributed by atoms with Crippen LogP contribution in [0.1, 0.15) is 6.42 Å². The van der Waals surface area contributed by atoms with Crippen LogP contribution in [0.25, 0.3) is 0 Å². The van der Waals surface area contributed by atoms with E-state index in [0.717, 1.165) is 24.5 Å². The van der Waals surface area contributed by atoms with Crippen LogP contribution in [0.4, 0.5) is 15.8 Å². The highest BCUT2D eigenvalue weighted by Gasteiger charge is 2.02. The van der Waals surface area contributed by atoms with Gasteiger partial charge in [0.05, 0.1) is 11.4 Å². The average molecular weight is 244 g/mol. The second kappa shape index (κ2) is 7.35. The summed E-state index contributed by atoms with van der Waals surface area (Å²) in [6.07, 6.45) is 0.812. The minimum Gasteiger partial charge on any atom is -0.396 e. The van der Waals surface area contributed by atoms with E-state index in [-0.39, 0.29) is 12.3 Å². The maximum Gasteiger partial charge on any atom is 0.148 e. The topological polar surface area (TPSA) is 58.3 Å². The highest BCUT2D eigenvalue weighted by atomic mass is 32.2. The van der Waals surface area contributed by atoms with Gasteiger partial charge in [-0.3, -0.25) is 0 Å². The van der Waals surface area contributed by atoms with Crippen molar-refractivity contribution < 1.29 is 9.50 Å². The van der Waals surface area contributed by atoms with E-state index in [4.69, 9.17) is 10.8 Å². The summed E-state index contributed by atoms with van der Waals surface area (Å²) in [6.45, 7) is 0.973. The second-order valence-electron chi connectivity index (χ2n) is 3.32. The zero-order chi connectivity index (χ0) is 11.8. The Morgan fingerprint density at radius 2 is 2.19 bits per heavy atom. The highest BCUT2D eigenvalue weighted by Crippen LogP contribution is 2.20. The van der Waals surface area contributed by atoms with Crippen LogP contribution < -0.4 is 11.1 Å². The standard InChI is InChI=1S/C11H17FN2OS/c12-9-3-1-4-10(11(9)13)14-5-8-16-7-2-6-15/h1,3-4,14-15H,2,5-8,13H2. The molecule has 0 aliphatic rings. The van der Waals surface area contributed by atoms with E-state index < -0.39 is 5.82 Å². The molecule has 0 fully saturated rings. The molecule has 0 unspecified atom stereocenters. The number of aliphatic hydroxyl groups is 1. The molecule has 0 aromatic heterocycles. The normalized spacial score (nSPS) is 10.4. The summed E-state index contributed by atoms with van der Waals surface area (Å²) >= 11 is 1.75. The summed E-state index contributed by atoms with van der Waals surface area (Å²) in [5, 5.41) is 11.7. The Morgan fingerprint density at radius 1 is 1.38 bits per heavy atom. The van der Waals surface area contributed by atoms with Gasteiger partial charge in [0.15, 0.2) is 0 Å². The van der Waals surface area contributed by atoms with Gasteiger partial charge in [0.2, 0.25) is 0 Å². The van der Waals surface area contributed by atoms with Crippen molar-refractivity contribution in [3.63, 3.8) is 0 Å².